The fraction of sp³-hybridized carbons (Fsp3) is 0.750. The molecule has 2 atom stereocenters. The van der Waals surface area contributed by atoms with Gasteiger partial charge in [0, 0.05) is 45.3 Å². The molecule has 4 aliphatic rings. The zero-order valence-corrected chi connectivity index (χ0v) is 17.0. The highest BCUT2D eigenvalue weighted by Gasteiger charge is 2.58. The van der Waals surface area contributed by atoms with Gasteiger partial charge in [0.05, 0.1) is 6.61 Å². The lowest BCUT2D eigenvalue weighted by Gasteiger charge is -2.58. The molecule has 154 valence electrons. The van der Waals surface area contributed by atoms with Gasteiger partial charge < -0.3 is 20.7 Å². The second-order valence-electron chi connectivity index (χ2n) is 9.04. The maximum Gasteiger partial charge on any atom is 0.272 e. The first-order valence-electron chi connectivity index (χ1n) is 10.2. The van der Waals surface area contributed by atoms with Gasteiger partial charge in [-0.05, 0) is 49.9 Å². The maximum atomic E-state index is 12.9. The van der Waals surface area contributed by atoms with Gasteiger partial charge in [0.25, 0.3) is 5.91 Å². The molecule has 2 amide bonds. The Bertz CT molecular complexity index is 760. The smallest absolute Gasteiger partial charge is 0.272 e. The molecule has 2 unspecified atom stereocenters. The normalized spacial score (nSPS) is 33.1. The Kier molecular flexibility index (Phi) is 4.85. The molecule has 4 saturated carbocycles. The SMILES string of the molecule is COCCN(C)c1cc(C(=O)N[C@H]2C3CC4CC2C[C@](C(N)=O)(C4)C3)nn1C. The van der Waals surface area contributed by atoms with Crippen LogP contribution in [0, 0.1) is 23.2 Å². The highest BCUT2D eigenvalue weighted by Crippen LogP contribution is 2.59. The van der Waals surface area contributed by atoms with E-state index in [1.165, 1.54) is 0 Å². The number of ether oxygens (including phenoxy) is 1. The van der Waals surface area contributed by atoms with Crippen LogP contribution in [-0.4, -0.2) is 54.9 Å². The summed E-state index contributed by atoms with van der Waals surface area (Å²) in [6.07, 6.45) is 4.74. The zero-order valence-electron chi connectivity index (χ0n) is 17.0. The molecule has 8 nitrogen and oxygen atoms in total. The number of aryl methyl sites for hydroxylation is 1. The van der Waals surface area contributed by atoms with Crippen molar-refractivity contribution < 1.29 is 14.3 Å². The molecule has 1 heterocycles. The minimum Gasteiger partial charge on any atom is -0.383 e. The van der Waals surface area contributed by atoms with Crippen LogP contribution in [0.1, 0.15) is 42.6 Å². The molecule has 0 aromatic carbocycles. The summed E-state index contributed by atoms with van der Waals surface area (Å²) in [7, 11) is 5.47. The number of anilines is 1. The third kappa shape index (κ3) is 3.17. The van der Waals surface area contributed by atoms with Crippen LogP contribution < -0.4 is 16.0 Å². The van der Waals surface area contributed by atoms with Crippen molar-refractivity contribution in [3.05, 3.63) is 11.8 Å². The second-order valence-corrected chi connectivity index (χ2v) is 9.04. The number of likely N-dealkylation sites (N-methyl/N-ethyl adjacent to an activating group) is 1. The quantitative estimate of drug-likeness (QED) is 0.722. The van der Waals surface area contributed by atoms with Crippen molar-refractivity contribution in [3.63, 3.8) is 0 Å². The van der Waals surface area contributed by atoms with Crippen molar-refractivity contribution in [2.24, 2.45) is 36.0 Å². The van der Waals surface area contributed by atoms with Crippen LogP contribution in [0.3, 0.4) is 0 Å². The number of amides is 2. The number of nitrogens with one attached hydrogen (secondary N) is 1. The number of rotatable bonds is 7. The molecule has 28 heavy (non-hydrogen) atoms. The number of primary amides is 1. The minimum atomic E-state index is -0.333. The van der Waals surface area contributed by atoms with Crippen molar-refractivity contribution in [1.82, 2.24) is 15.1 Å². The Morgan fingerprint density at radius 1 is 1.36 bits per heavy atom. The van der Waals surface area contributed by atoms with Crippen LogP contribution in [0.2, 0.25) is 0 Å². The molecular weight excluding hydrogens is 358 g/mol. The van der Waals surface area contributed by atoms with Gasteiger partial charge in [-0.1, -0.05) is 0 Å². The van der Waals surface area contributed by atoms with E-state index in [-0.39, 0.29) is 23.3 Å². The predicted molar refractivity (Wildman–Crippen MR) is 105 cm³/mol. The lowest BCUT2D eigenvalue weighted by atomic mass is 9.47. The average Bonchev–Trinajstić information content (AvgIpc) is 3.04. The Hall–Kier alpha value is -2.09. The van der Waals surface area contributed by atoms with Crippen molar-refractivity contribution >= 4 is 17.6 Å². The molecule has 0 radical (unpaired) electrons. The van der Waals surface area contributed by atoms with E-state index in [2.05, 4.69) is 10.4 Å². The lowest BCUT2D eigenvalue weighted by molar-refractivity contribution is -0.145. The topological polar surface area (TPSA) is 102 Å². The van der Waals surface area contributed by atoms with Gasteiger partial charge in [0.1, 0.15) is 5.82 Å². The summed E-state index contributed by atoms with van der Waals surface area (Å²) in [4.78, 5) is 27.0. The van der Waals surface area contributed by atoms with Crippen molar-refractivity contribution in [1.29, 1.82) is 0 Å². The molecule has 5 rings (SSSR count). The van der Waals surface area contributed by atoms with E-state index < -0.39 is 0 Å². The van der Waals surface area contributed by atoms with Crippen molar-refractivity contribution in [2.45, 2.75) is 38.1 Å². The van der Waals surface area contributed by atoms with Crippen LogP contribution in [0.5, 0.6) is 0 Å². The number of carbonyl (C=O) groups is 2. The lowest BCUT2D eigenvalue weighted by Crippen LogP contribution is -2.62. The first-order chi connectivity index (χ1) is 13.3. The monoisotopic (exact) mass is 389 g/mol. The van der Waals surface area contributed by atoms with E-state index >= 15 is 0 Å². The molecule has 4 aliphatic carbocycles. The Morgan fingerprint density at radius 2 is 2.04 bits per heavy atom. The highest BCUT2D eigenvalue weighted by atomic mass is 16.5. The Balaban J connectivity index is 1.46. The van der Waals surface area contributed by atoms with Gasteiger partial charge in [0.15, 0.2) is 5.69 Å². The van der Waals surface area contributed by atoms with E-state index in [0.29, 0.717) is 30.1 Å². The number of carbonyl (C=O) groups excluding carboxylic acids is 2. The Morgan fingerprint density at radius 3 is 2.64 bits per heavy atom. The summed E-state index contributed by atoms with van der Waals surface area (Å²) < 4.78 is 6.85. The molecule has 0 spiro atoms. The zero-order chi connectivity index (χ0) is 20.1. The maximum absolute atomic E-state index is 12.9. The summed E-state index contributed by atoms with van der Waals surface area (Å²) in [5, 5.41) is 7.66. The first-order valence-corrected chi connectivity index (χ1v) is 10.2. The van der Waals surface area contributed by atoms with Crippen LogP contribution >= 0.6 is 0 Å². The summed E-state index contributed by atoms with van der Waals surface area (Å²) in [6, 6.07) is 1.94. The average molecular weight is 390 g/mol. The number of hydrogen-bond donors (Lipinski definition) is 2. The van der Waals surface area contributed by atoms with Gasteiger partial charge in [-0.2, -0.15) is 5.10 Å². The van der Waals surface area contributed by atoms with Crippen LogP contribution in [0.15, 0.2) is 6.07 Å². The molecule has 3 N–H and O–H groups in total. The number of hydrogen-bond acceptors (Lipinski definition) is 5. The summed E-state index contributed by atoms with van der Waals surface area (Å²) in [5.74, 6) is 1.86. The third-order valence-corrected chi connectivity index (χ3v) is 7.20. The molecular formula is C20H31N5O3. The van der Waals surface area contributed by atoms with Crippen molar-refractivity contribution in [3.8, 4) is 0 Å². The molecule has 8 heteroatoms. The van der Waals surface area contributed by atoms with Gasteiger partial charge in [-0.3, -0.25) is 14.3 Å². The van der Waals surface area contributed by atoms with Gasteiger partial charge in [-0.25, -0.2) is 0 Å². The van der Waals surface area contributed by atoms with Gasteiger partial charge in [-0.15, -0.1) is 0 Å². The first kappa shape index (κ1) is 19.2. The van der Waals surface area contributed by atoms with E-state index in [1.54, 1.807) is 11.8 Å². The molecule has 1 aromatic rings. The number of aromatic nitrogens is 2. The highest BCUT2D eigenvalue weighted by molar-refractivity contribution is 5.93. The van der Waals surface area contributed by atoms with Gasteiger partial charge in [0.2, 0.25) is 5.91 Å². The third-order valence-electron chi connectivity index (χ3n) is 7.20. The largest absolute Gasteiger partial charge is 0.383 e. The van der Waals surface area contributed by atoms with E-state index in [9.17, 15) is 9.59 Å². The predicted octanol–water partition coefficient (Wildman–Crippen LogP) is 0.913. The van der Waals surface area contributed by atoms with Crippen LogP contribution in [-0.2, 0) is 16.6 Å². The van der Waals surface area contributed by atoms with E-state index in [0.717, 1.165) is 44.5 Å². The number of nitrogens with two attached hydrogens (primary N) is 1. The van der Waals surface area contributed by atoms with Crippen LogP contribution in [0.25, 0.3) is 0 Å². The summed E-state index contributed by atoms with van der Waals surface area (Å²) in [5.41, 5.74) is 5.86. The molecule has 0 aliphatic heterocycles. The summed E-state index contributed by atoms with van der Waals surface area (Å²) >= 11 is 0. The molecule has 4 bridgehead atoms. The van der Waals surface area contributed by atoms with Crippen molar-refractivity contribution in [2.75, 3.05) is 32.2 Å². The van der Waals surface area contributed by atoms with E-state index in [4.69, 9.17) is 10.5 Å². The molecule has 4 fully saturated rings. The molecule has 1 aromatic heterocycles. The van der Waals surface area contributed by atoms with Crippen LogP contribution in [0.4, 0.5) is 5.82 Å². The second kappa shape index (κ2) is 7.06. The minimum absolute atomic E-state index is 0.119. The fourth-order valence-electron chi connectivity index (χ4n) is 6.06. The Labute approximate surface area is 165 Å². The number of methoxy groups -OCH3 is 1. The molecule has 0 saturated heterocycles. The number of nitrogens with zero attached hydrogens (tertiary/aromatic N) is 3. The van der Waals surface area contributed by atoms with Gasteiger partial charge >= 0.3 is 0 Å². The standard InChI is InChI=1S/C20H31N5O3/c1-24(4-5-28-3)16-8-15(23-25(16)2)18(26)22-17-13-6-12-7-14(17)11-20(9-12,10-13)19(21)27/h8,12-14,17H,4-7,9-11H2,1-3H3,(H2,21,27)(H,22,26)/t12?,13?,14?,17-,20-. The fourth-order valence-corrected chi connectivity index (χ4v) is 6.06. The summed E-state index contributed by atoms with van der Waals surface area (Å²) in [6.45, 7) is 1.33. The van der Waals surface area contributed by atoms with E-state index in [1.807, 2.05) is 25.1 Å².